The normalized spacial score (nSPS) is 24.4. The van der Waals surface area contributed by atoms with Crippen LogP contribution in [0.2, 0.25) is 0 Å². The van der Waals surface area contributed by atoms with Crippen molar-refractivity contribution >= 4 is 64.9 Å². The summed E-state index contributed by atoms with van der Waals surface area (Å²) in [5.41, 5.74) is -2.36. The van der Waals surface area contributed by atoms with E-state index in [0.29, 0.717) is 50.3 Å². The predicted octanol–water partition coefficient (Wildman–Crippen LogP) is 6.15. The third-order valence-electron chi connectivity index (χ3n) is 11.7. The minimum Gasteiger partial charge on any atom is -0.331 e. The number of alkyl halides is 6. The lowest BCUT2D eigenvalue weighted by Gasteiger charge is -2.42. The summed E-state index contributed by atoms with van der Waals surface area (Å²) in [4.78, 5) is 60.2. The highest BCUT2D eigenvalue weighted by Gasteiger charge is 2.53. The first-order valence-electron chi connectivity index (χ1n) is 19.2. The van der Waals surface area contributed by atoms with E-state index >= 15 is 0 Å². The van der Waals surface area contributed by atoms with Gasteiger partial charge in [0, 0.05) is 38.3 Å². The minimum atomic E-state index is -4.80. The van der Waals surface area contributed by atoms with Crippen LogP contribution in [0.15, 0.2) is 36.5 Å². The van der Waals surface area contributed by atoms with E-state index in [1.165, 1.54) is 18.3 Å². The van der Waals surface area contributed by atoms with Gasteiger partial charge in [0.05, 0.1) is 35.3 Å². The number of piperazine rings is 1. The number of aromatic nitrogens is 1. The van der Waals surface area contributed by atoms with Crippen LogP contribution in [0.3, 0.4) is 0 Å². The van der Waals surface area contributed by atoms with E-state index in [1.54, 1.807) is 35.8 Å². The average Bonchev–Trinajstić information content (AvgIpc) is 3.33. The first-order valence-corrected chi connectivity index (χ1v) is 19.6. The third-order valence-corrected chi connectivity index (χ3v) is 12.1. The van der Waals surface area contributed by atoms with Crippen LogP contribution < -0.4 is 15.5 Å². The summed E-state index contributed by atoms with van der Waals surface area (Å²) in [5, 5.41) is 14.1. The molecular formula is C39H45ClF6N8O4S. The van der Waals surface area contributed by atoms with Crippen molar-refractivity contribution in [3.63, 3.8) is 0 Å². The van der Waals surface area contributed by atoms with Gasteiger partial charge in [-0.05, 0) is 119 Å². The van der Waals surface area contributed by atoms with E-state index in [9.17, 15) is 50.8 Å². The number of hydrogen-bond acceptors (Lipinski definition) is 9. The zero-order valence-electron chi connectivity index (χ0n) is 32.4. The molecule has 6 rings (SSSR count). The number of halogens is 7. The molecule has 0 radical (unpaired) electrons. The van der Waals surface area contributed by atoms with Gasteiger partial charge in [0.1, 0.15) is 17.4 Å². The summed E-state index contributed by atoms with van der Waals surface area (Å²) >= 11 is 5.70. The van der Waals surface area contributed by atoms with Crippen LogP contribution in [0.1, 0.15) is 87.8 Å². The van der Waals surface area contributed by atoms with Gasteiger partial charge >= 0.3 is 12.4 Å². The summed E-state index contributed by atoms with van der Waals surface area (Å²) in [7, 11) is 0. The molecule has 320 valence electrons. The molecule has 1 unspecified atom stereocenters. The first kappa shape index (κ1) is 45.7. The number of nitriles is 1. The Bertz CT molecular complexity index is 1990. The van der Waals surface area contributed by atoms with Crippen molar-refractivity contribution in [1.29, 1.82) is 5.26 Å². The Hall–Kier alpha value is -4.38. The Morgan fingerprint density at radius 1 is 1.03 bits per heavy atom. The Kier molecular flexibility index (Phi) is 14.0. The largest absolute Gasteiger partial charge is 0.417 e. The molecule has 1 saturated carbocycles. The molecule has 4 aliphatic rings. The number of anilines is 2. The first-order chi connectivity index (χ1) is 27.3. The number of piperidine rings is 1. The van der Waals surface area contributed by atoms with Crippen LogP contribution in [0.5, 0.6) is 0 Å². The molecule has 4 fully saturated rings. The highest BCUT2D eigenvalue weighted by molar-refractivity contribution is 7.80. The lowest BCUT2D eigenvalue weighted by atomic mass is 9.82. The maximum Gasteiger partial charge on any atom is 0.417 e. The van der Waals surface area contributed by atoms with Crippen molar-refractivity contribution in [2.24, 2.45) is 5.92 Å². The number of nitrogens with zero attached hydrogens (tertiary/aromatic N) is 6. The molecule has 12 nitrogen and oxygen atoms in total. The lowest BCUT2D eigenvalue weighted by Crippen LogP contribution is -2.60. The van der Waals surface area contributed by atoms with Gasteiger partial charge < -0.3 is 15.1 Å². The Labute approximate surface area is 349 Å². The molecule has 59 heavy (non-hydrogen) atoms. The molecule has 2 N–H and O–H groups in total. The highest BCUT2D eigenvalue weighted by atomic mass is 35.5. The quantitative estimate of drug-likeness (QED) is 0.162. The van der Waals surface area contributed by atoms with Crippen LogP contribution in [0.4, 0.5) is 37.8 Å². The summed E-state index contributed by atoms with van der Waals surface area (Å²) < 4.78 is 84.1. The van der Waals surface area contributed by atoms with Gasteiger partial charge in [0.25, 0.3) is 5.91 Å². The molecule has 1 aliphatic carbocycles. The number of benzene rings is 1. The number of carbonyl (C=O) groups is 4. The average molecular weight is 871 g/mol. The molecule has 1 aromatic carbocycles. The van der Waals surface area contributed by atoms with Gasteiger partial charge in [-0.15, -0.1) is 12.4 Å². The second-order valence-electron chi connectivity index (χ2n) is 15.9. The fourth-order valence-corrected chi connectivity index (χ4v) is 9.21. The van der Waals surface area contributed by atoms with E-state index in [-0.39, 0.29) is 60.5 Å². The molecule has 0 bridgehead atoms. The van der Waals surface area contributed by atoms with Crippen LogP contribution in [0, 0.1) is 17.2 Å². The van der Waals surface area contributed by atoms with Gasteiger partial charge in [-0.3, -0.25) is 34.3 Å². The van der Waals surface area contributed by atoms with Crippen molar-refractivity contribution in [3.05, 3.63) is 53.2 Å². The van der Waals surface area contributed by atoms with E-state index in [1.807, 2.05) is 0 Å². The van der Waals surface area contributed by atoms with E-state index in [2.05, 4.69) is 15.6 Å². The topological polar surface area (TPSA) is 142 Å². The maximum absolute atomic E-state index is 14.3. The number of thiocarbonyl (C=S) groups is 1. The van der Waals surface area contributed by atoms with Gasteiger partial charge in [-0.25, -0.2) is 4.98 Å². The number of carbonyl (C=O) groups excluding carboxylic acids is 4. The van der Waals surface area contributed by atoms with Crippen LogP contribution in [-0.4, -0.2) is 105 Å². The van der Waals surface area contributed by atoms with Crippen molar-refractivity contribution < 1.29 is 45.5 Å². The predicted molar refractivity (Wildman–Crippen MR) is 210 cm³/mol. The van der Waals surface area contributed by atoms with Crippen LogP contribution in [0.25, 0.3) is 0 Å². The number of nitrogens with one attached hydrogen (secondary N) is 2. The molecule has 1 aromatic heterocycles. The third kappa shape index (κ3) is 10.2. The standard InChI is InChI=1S/C39H44F6N8O4S.ClH/c1-37(2)35(57)52(27-10-7-25(20-46)29(19-27)38(40,41)42)36(58)53(37)26-8-5-23(6-9-26)4-3-15-50-16-17-51(30(21-50)39(43,44)45)22-33(55)48-31-18-24(13-14-47-31)28-11-12-32(54)49-34(28)56;/h7,10,13-14,18-19,23,26,28,30H,3-6,8-9,11-12,15-17,21-22H2,1-2H3,(H,47,48,55)(H,49,54,56);1H/t23?,26?,28?,30-;/m1./s1. The fourth-order valence-electron chi connectivity index (χ4n) is 8.64. The van der Waals surface area contributed by atoms with Gasteiger partial charge in [0.2, 0.25) is 17.7 Å². The maximum atomic E-state index is 14.3. The van der Waals surface area contributed by atoms with Crippen molar-refractivity contribution in [2.75, 3.05) is 42.9 Å². The number of amides is 4. The second-order valence-corrected chi connectivity index (χ2v) is 16.2. The monoisotopic (exact) mass is 870 g/mol. The zero-order valence-corrected chi connectivity index (χ0v) is 34.0. The second kappa shape index (κ2) is 18.1. The Balaban J connectivity index is 0.00000661. The Morgan fingerprint density at radius 3 is 2.39 bits per heavy atom. The van der Waals surface area contributed by atoms with Crippen molar-refractivity contribution in [3.8, 4) is 6.07 Å². The number of pyridine rings is 1. The van der Waals surface area contributed by atoms with E-state index in [4.69, 9.17) is 12.2 Å². The Morgan fingerprint density at radius 2 is 1.75 bits per heavy atom. The van der Waals surface area contributed by atoms with Crippen molar-refractivity contribution in [2.45, 2.75) is 101 Å². The number of hydrogen-bond donors (Lipinski definition) is 2. The molecule has 4 heterocycles. The number of rotatable bonds is 10. The molecule has 4 amide bonds. The molecular weight excluding hydrogens is 826 g/mol. The molecule has 3 aliphatic heterocycles. The van der Waals surface area contributed by atoms with Crippen molar-refractivity contribution in [1.82, 2.24) is 25.0 Å². The summed E-state index contributed by atoms with van der Waals surface area (Å²) in [6.07, 6.45) is -3.20. The van der Waals surface area contributed by atoms with Gasteiger partial charge in [0.15, 0.2) is 5.11 Å². The molecule has 2 aromatic rings. The molecule has 3 saturated heterocycles. The van der Waals surface area contributed by atoms with E-state index in [0.717, 1.165) is 41.2 Å². The minimum absolute atomic E-state index is 0. The highest BCUT2D eigenvalue weighted by Crippen LogP contribution is 2.42. The van der Waals surface area contributed by atoms with Crippen LogP contribution in [-0.2, 0) is 25.4 Å². The van der Waals surface area contributed by atoms with Crippen LogP contribution >= 0.6 is 24.6 Å². The fraction of sp³-hybridized carbons (Fsp3) is 0.564. The number of imide groups is 1. The molecule has 20 heteroatoms. The SMILES string of the molecule is CC1(C)C(=O)N(c2ccc(C#N)c(C(F)(F)F)c2)C(=S)N1C1CCC(CCCN2CCN(CC(=O)Nc3cc(C4CCC(=O)NC4=O)ccn3)[C@@H](C(F)(F)F)C2)CC1.Cl. The summed E-state index contributed by atoms with van der Waals surface area (Å²) in [6.45, 7) is 3.38. The van der Waals surface area contributed by atoms with E-state index < -0.39 is 65.2 Å². The molecule has 0 spiro atoms. The summed E-state index contributed by atoms with van der Waals surface area (Å²) in [5.74, 6) is -2.20. The van der Waals surface area contributed by atoms with Gasteiger partial charge in [-0.2, -0.15) is 31.6 Å². The smallest absolute Gasteiger partial charge is 0.331 e. The molecule has 2 atom stereocenters. The lowest BCUT2D eigenvalue weighted by molar-refractivity contribution is -0.197. The summed E-state index contributed by atoms with van der Waals surface area (Å²) in [6, 6.07) is 5.71. The zero-order chi connectivity index (χ0) is 42.2. The van der Waals surface area contributed by atoms with Gasteiger partial charge in [-0.1, -0.05) is 0 Å².